The smallest absolute Gasteiger partial charge is 0.334 e. The largest absolute Gasteiger partial charge is 0.353 e. The summed E-state index contributed by atoms with van der Waals surface area (Å²) >= 11 is 12.1. The van der Waals surface area contributed by atoms with E-state index in [0.29, 0.717) is 21.4 Å². The molecule has 7 nitrogen and oxygen atoms in total. The molecule has 1 aromatic heterocycles. The first-order chi connectivity index (χ1) is 12.8. The van der Waals surface area contributed by atoms with Gasteiger partial charge in [0.05, 0.1) is 15.6 Å². The van der Waals surface area contributed by atoms with Crippen LogP contribution in [0.1, 0.15) is 11.1 Å². The molecular formula is C18H15Cl2N5O2. The third-order valence-electron chi connectivity index (χ3n) is 3.82. The van der Waals surface area contributed by atoms with E-state index in [1.807, 2.05) is 32.0 Å². The lowest BCUT2D eigenvalue weighted by molar-refractivity contribution is -0.383. The van der Waals surface area contributed by atoms with Gasteiger partial charge in [0, 0.05) is 10.7 Å². The first-order valence-corrected chi connectivity index (χ1v) is 8.66. The fourth-order valence-corrected chi connectivity index (χ4v) is 2.87. The molecule has 0 aliphatic carbocycles. The molecule has 0 unspecified atom stereocenters. The van der Waals surface area contributed by atoms with E-state index in [1.54, 1.807) is 18.2 Å². The minimum Gasteiger partial charge on any atom is -0.334 e. The number of nitro groups is 1. The van der Waals surface area contributed by atoms with Crippen LogP contribution in [0.25, 0.3) is 0 Å². The van der Waals surface area contributed by atoms with Crippen molar-refractivity contribution in [3.8, 4) is 0 Å². The lowest BCUT2D eigenvalue weighted by Crippen LogP contribution is -2.06. The van der Waals surface area contributed by atoms with Gasteiger partial charge in [-0.3, -0.25) is 10.1 Å². The van der Waals surface area contributed by atoms with E-state index in [4.69, 9.17) is 23.2 Å². The lowest BCUT2D eigenvalue weighted by Gasteiger charge is -2.12. The second-order valence-electron chi connectivity index (χ2n) is 5.87. The number of hydrogen-bond donors (Lipinski definition) is 2. The van der Waals surface area contributed by atoms with Gasteiger partial charge in [-0.15, -0.1) is 0 Å². The summed E-state index contributed by atoms with van der Waals surface area (Å²) in [6.45, 7) is 3.88. The number of halogens is 2. The molecule has 2 N–H and O–H groups in total. The Morgan fingerprint density at radius 3 is 2.26 bits per heavy atom. The maximum Gasteiger partial charge on any atom is 0.353 e. The van der Waals surface area contributed by atoms with Crippen LogP contribution in [0.5, 0.6) is 0 Å². The van der Waals surface area contributed by atoms with Crippen LogP contribution in [0.2, 0.25) is 10.0 Å². The highest BCUT2D eigenvalue weighted by atomic mass is 35.5. The molecule has 0 bridgehead atoms. The Kier molecular flexibility index (Phi) is 5.43. The van der Waals surface area contributed by atoms with Crippen molar-refractivity contribution in [2.24, 2.45) is 0 Å². The van der Waals surface area contributed by atoms with Crippen molar-refractivity contribution in [3.63, 3.8) is 0 Å². The summed E-state index contributed by atoms with van der Waals surface area (Å²) < 4.78 is 0. The number of rotatable bonds is 5. The van der Waals surface area contributed by atoms with Crippen LogP contribution in [-0.2, 0) is 0 Å². The average molecular weight is 404 g/mol. The maximum atomic E-state index is 11.7. The highest BCUT2D eigenvalue weighted by molar-refractivity contribution is 6.35. The van der Waals surface area contributed by atoms with Crippen molar-refractivity contribution in [1.82, 2.24) is 9.97 Å². The molecule has 3 rings (SSSR count). The number of hydrogen-bond acceptors (Lipinski definition) is 6. The molecule has 0 aliphatic heterocycles. The van der Waals surface area contributed by atoms with Gasteiger partial charge < -0.3 is 10.6 Å². The van der Waals surface area contributed by atoms with E-state index in [0.717, 1.165) is 11.1 Å². The minimum absolute atomic E-state index is 0.00596. The van der Waals surface area contributed by atoms with Gasteiger partial charge in [-0.2, -0.15) is 0 Å². The Hall–Kier alpha value is -2.90. The Morgan fingerprint density at radius 2 is 1.63 bits per heavy atom. The molecule has 3 aromatic rings. The highest BCUT2D eigenvalue weighted by Gasteiger charge is 2.24. The first-order valence-electron chi connectivity index (χ1n) is 7.91. The molecule has 0 spiro atoms. The molecule has 9 heteroatoms. The quantitative estimate of drug-likeness (QED) is 0.413. The molecule has 27 heavy (non-hydrogen) atoms. The number of aromatic nitrogens is 2. The summed E-state index contributed by atoms with van der Waals surface area (Å²) in [6.07, 6.45) is 1.24. The zero-order valence-electron chi connectivity index (χ0n) is 14.5. The Bertz CT molecular complexity index is 1030. The predicted molar refractivity (Wildman–Crippen MR) is 108 cm³/mol. The van der Waals surface area contributed by atoms with Gasteiger partial charge in [-0.25, -0.2) is 9.97 Å². The van der Waals surface area contributed by atoms with E-state index in [2.05, 4.69) is 20.6 Å². The molecule has 0 aliphatic rings. The van der Waals surface area contributed by atoms with E-state index in [1.165, 1.54) is 6.33 Å². The van der Waals surface area contributed by atoms with Crippen LogP contribution in [0.3, 0.4) is 0 Å². The van der Waals surface area contributed by atoms with Crippen molar-refractivity contribution in [3.05, 3.63) is 74.0 Å². The minimum atomic E-state index is -0.549. The molecule has 0 saturated carbocycles. The van der Waals surface area contributed by atoms with E-state index < -0.39 is 4.92 Å². The molecule has 0 atom stereocenters. The zero-order valence-corrected chi connectivity index (χ0v) is 16.0. The third-order valence-corrected chi connectivity index (χ3v) is 4.39. The second-order valence-corrected chi connectivity index (χ2v) is 6.71. The van der Waals surface area contributed by atoms with Gasteiger partial charge in [0.2, 0.25) is 11.6 Å². The number of anilines is 4. The van der Waals surface area contributed by atoms with Crippen molar-refractivity contribution < 1.29 is 4.92 Å². The molecule has 0 amide bonds. The van der Waals surface area contributed by atoms with Crippen molar-refractivity contribution in [2.75, 3.05) is 10.6 Å². The molecular weight excluding hydrogens is 389 g/mol. The molecule has 1 heterocycles. The van der Waals surface area contributed by atoms with Crippen LogP contribution >= 0.6 is 23.2 Å². The summed E-state index contributed by atoms with van der Waals surface area (Å²) in [6, 6.07) is 10.5. The SMILES string of the molecule is Cc1ccc(Nc2ncnc(Nc3cc(Cl)ccc3Cl)c2[N+](=O)[O-])c(C)c1. The summed E-state index contributed by atoms with van der Waals surface area (Å²) in [5, 5.41) is 18.4. The molecule has 0 fully saturated rings. The average Bonchev–Trinajstić information content (AvgIpc) is 2.60. The van der Waals surface area contributed by atoms with E-state index in [9.17, 15) is 10.1 Å². The second kappa shape index (κ2) is 7.77. The monoisotopic (exact) mass is 403 g/mol. The van der Waals surface area contributed by atoms with Crippen molar-refractivity contribution in [2.45, 2.75) is 13.8 Å². The van der Waals surface area contributed by atoms with Gasteiger partial charge in [-0.05, 0) is 43.7 Å². The van der Waals surface area contributed by atoms with Crippen molar-refractivity contribution >= 4 is 51.9 Å². The van der Waals surface area contributed by atoms with Crippen LogP contribution in [0.4, 0.5) is 28.7 Å². The zero-order chi connectivity index (χ0) is 19.6. The Labute approximate surface area is 165 Å². The number of aryl methyl sites for hydroxylation is 2. The Morgan fingerprint density at radius 1 is 0.963 bits per heavy atom. The normalized spacial score (nSPS) is 10.5. The standard InChI is InChI=1S/C18H15Cl2N5O2/c1-10-3-6-14(11(2)7-10)23-17-16(25(26)27)18(22-9-21-17)24-15-8-12(19)4-5-13(15)20/h3-9H,1-2H3,(H2,21,22,23,24). The fraction of sp³-hybridized carbons (Fsp3) is 0.111. The highest BCUT2D eigenvalue weighted by Crippen LogP contribution is 2.36. The number of benzene rings is 2. The summed E-state index contributed by atoms with van der Waals surface area (Å²) in [5.41, 5.74) is 2.86. The van der Waals surface area contributed by atoms with Gasteiger partial charge in [0.25, 0.3) is 0 Å². The number of nitrogens with zero attached hydrogens (tertiary/aromatic N) is 3. The predicted octanol–water partition coefficient (Wildman–Crippen LogP) is 5.80. The summed E-state index contributed by atoms with van der Waals surface area (Å²) in [7, 11) is 0. The summed E-state index contributed by atoms with van der Waals surface area (Å²) in [4.78, 5) is 19.2. The van der Waals surface area contributed by atoms with Gasteiger partial charge in [-0.1, -0.05) is 40.9 Å². The van der Waals surface area contributed by atoms with Crippen LogP contribution < -0.4 is 10.6 Å². The van der Waals surface area contributed by atoms with E-state index >= 15 is 0 Å². The van der Waals surface area contributed by atoms with Gasteiger partial charge in [0.15, 0.2) is 0 Å². The molecule has 2 aromatic carbocycles. The van der Waals surface area contributed by atoms with Crippen LogP contribution in [-0.4, -0.2) is 14.9 Å². The topological polar surface area (TPSA) is 93.0 Å². The Balaban J connectivity index is 2.02. The molecule has 138 valence electrons. The van der Waals surface area contributed by atoms with Gasteiger partial charge >= 0.3 is 5.69 Å². The number of nitrogens with one attached hydrogen (secondary N) is 2. The lowest BCUT2D eigenvalue weighted by atomic mass is 10.1. The van der Waals surface area contributed by atoms with Crippen LogP contribution in [0, 0.1) is 24.0 Å². The van der Waals surface area contributed by atoms with Gasteiger partial charge in [0.1, 0.15) is 6.33 Å². The third kappa shape index (κ3) is 4.27. The summed E-state index contributed by atoms with van der Waals surface area (Å²) in [5.74, 6) is 0.0778. The van der Waals surface area contributed by atoms with E-state index in [-0.39, 0.29) is 17.3 Å². The molecule has 0 saturated heterocycles. The van der Waals surface area contributed by atoms with Crippen molar-refractivity contribution in [1.29, 1.82) is 0 Å². The maximum absolute atomic E-state index is 11.7. The first kappa shape index (κ1) is 18.9. The molecule has 0 radical (unpaired) electrons. The van der Waals surface area contributed by atoms with Crippen LogP contribution in [0.15, 0.2) is 42.7 Å². The fourth-order valence-electron chi connectivity index (χ4n) is 2.54.